The lowest BCUT2D eigenvalue weighted by Gasteiger charge is -2.10. The Balaban J connectivity index is 1.96. The van der Waals surface area contributed by atoms with Crippen LogP contribution in [0.5, 0.6) is 0 Å². The van der Waals surface area contributed by atoms with E-state index in [0.717, 1.165) is 16.5 Å². The van der Waals surface area contributed by atoms with Crippen LogP contribution in [0.25, 0.3) is 0 Å². The van der Waals surface area contributed by atoms with E-state index in [4.69, 9.17) is 5.84 Å². The predicted molar refractivity (Wildman–Crippen MR) is 75.3 cm³/mol. The molecule has 2 rings (SSSR count). The summed E-state index contributed by atoms with van der Waals surface area (Å²) in [6.07, 6.45) is 3.54. The SMILES string of the molecule is CC(C(=O)NN)c1ccc(CSc2ncc[nH]2)cc1. The maximum Gasteiger partial charge on any atom is 0.241 e. The van der Waals surface area contributed by atoms with E-state index < -0.39 is 0 Å². The van der Waals surface area contributed by atoms with Crippen molar-refractivity contribution in [3.63, 3.8) is 0 Å². The van der Waals surface area contributed by atoms with E-state index in [2.05, 4.69) is 15.4 Å². The van der Waals surface area contributed by atoms with Gasteiger partial charge in [-0.2, -0.15) is 0 Å². The molecule has 1 atom stereocenters. The van der Waals surface area contributed by atoms with Gasteiger partial charge < -0.3 is 4.98 Å². The highest BCUT2D eigenvalue weighted by Gasteiger charge is 2.13. The van der Waals surface area contributed by atoms with Crippen molar-refractivity contribution in [3.8, 4) is 0 Å². The van der Waals surface area contributed by atoms with Crippen molar-refractivity contribution in [2.45, 2.75) is 23.8 Å². The fraction of sp³-hybridized carbons (Fsp3) is 0.231. The van der Waals surface area contributed by atoms with Gasteiger partial charge in [-0.05, 0) is 18.1 Å². The van der Waals surface area contributed by atoms with Gasteiger partial charge in [0.05, 0.1) is 5.92 Å². The van der Waals surface area contributed by atoms with Gasteiger partial charge >= 0.3 is 0 Å². The average molecular weight is 276 g/mol. The Morgan fingerprint density at radius 3 is 2.79 bits per heavy atom. The lowest BCUT2D eigenvalue weighted by molar-refractivity contribution is -0.122. The van der Waals surface area contributed by atoms with E-state index >= 15 is 0 Å². The number of amides is 1. The van der Waals surface area contributed by atoms with Crippen molar-refractivity contribution in [1.29, 1.82) is 0 Å². The number of aromatic nitrogens is 2. The number of thioether (sulfide) groups is 1. The second-order valence-electron chi connectivity index (χ2n) is 4.15. The number of nitrogens with one attached hydrogen (secondary N) is 2. The molecule has 0 saturated carbocycles. The largest absolute Gasteiger partial charge is 0.340 e. The number of H-pyrrole nitrogens is 1. The quantitative estimate of drug-likeness (QED) is 0.336. The van der Waals surface area contributed by atoms with Crippen molar-refractivity contribution < 1.29 is 4.79 Å². The van der Waals surface area contributed by atoms with E-state index in [-0.39, 0.29) is 11.8 Å². The lowest BCUT2D eigenvalue weighted by atomic mass is 10.00. The molecule has 0 aliphatic heterocycles. The van der Waals surface area contributed by atoms with Crippen LogP contribution in [0, 0.1) is 0 Å². The summed E-state index contributed by atoms with van der Waals surface area (Å²) in [4.78, 5) is 18.6. The minimum absolute atomic E-state index is 0.183. The third-order valence-electron chi connectivity index (χ3n) is 2.86. The minimum atomic E-state index is -0.239. The van der Waals surface area contributed by atoms with Crippen LogP contribution in [0.1, 0.15) is 24.0 Å². The van der Waals surface area contributed by atoms with Gasteiger partial charge in [-0.15, -0.1) is 0 Å². The molecule has 0 aliphatic rings. The number of nitrogens with two attached hydrogens (primary N) is 1. The molecule has 6 heteroatoms. The second-order valence-corrected chi connectivity index (χ2v) is 5.12. The first kappa shape index (κ1) is 13.6. The van der Waals surface area contributed by atoms with Gasteiger partial charge in [0.15, 0.2) is 5.16 Å². The van der Waals surface area contributed by atoms with Crippen LogP contribution in [-0.2, 0) is 10.5 Å². The highest BCUT2D eigenvalue weighted by atomic mass is 32.2. The number of carbonyl (C=O) groups excluding carboxylic acids is 1. The summed E-state index contributed by atoms with van der Waals surface area (Å²) < 4.78 is 0. The molecule has 1 amide bonds. The number of carbonyl (C=O) groups is 1. The fourth-order valence-corrected chi connectivity index (χ4v) is 2.44. The van der Waals surface area contributed by atoms with E-state index in [0.29, 0.717) is 0 Å². The smallest absolute Gasteiger partial charge is 0.241 e. The molecule has 1 heterocycles. The van der Waals surface area contributed by atoms with Crippen LogP contribution in [0.15, 0.2) is 41.8 Å². The number of hydrogen-bond acceptors (Lipinski definition) is 4. The number of hydrazine groups is 1. The zero-order chi connectivity index (χ0) is 13.7. The van der Waals surface area contributed by atoms with Gasteiger partial charge in [0.1, 0.15) is 0 Å². The third-order valence-corrected chi connectivity index (χ3v) is 3.84. The average Bonchev–Trinajstić information content (AvgIpc) is 2.97. The third kappa shape index (κ3) is 3.59. The first-order valence-electron chi connectivity index (χ1n) is 5.92. The molecule has 0 bridgehead atoms. The maximum atomic E-state index is 11.4. The number of nitrogens with zero attached hydrogens (tertiary/aromatic N) is 1. The number of aromatic amines is 1. The molecule has 19 heavy (non-hydrogen) atoms. The minimum Gasteiger partial charge on any atom is -0.340 e. The molecular formula is C13H16N4OS. The number of imidazole rings is 1. The van der Waals surface area contributed by atoms with Crippen LogP contribution >= 0.6 is 11.8 Å². The summed E-state index contributed by atoms with van der Waals surface area (Å²) in [5, 5.41) is 0.903. The van der Waals surface area contributed by atoms with Gasteiger partial charge in [0.2, 0.25) is 5.91 Å². The molecule has 0 radical (unpaired) electrons. The zero-order valence-electron chi connectivity index (χ0n) is 10.6. The van der Waals surface area contributed by atoms with E-state index in [1.807, 2.05) is 31.2 Å². The van der Waals surface area contributed by atoms with Crippen LogP contribution in [0.4, 0.5) is 0 Å². The van der Waals surface area contributed by atoms with Crippen LogP contribution < -0.4 is 11.3 Å². The maximum absolute atomic E-state index is 11.4. The molecule has 100 valence electrons. The van der Waals surface area contributed by atoms with Crippen LogP contribution in [0.3, 0.4) is 0 Å². The Kier molecular flexibility index (Phi) is 4.59. The molecule has 1 unspecified atom stereocenters. The van der Waals surface area contributed by atoms with E-state index in [1.165, 1.54) is 5.56 Å². The Bertz CT molecular complexity index is 524. The first-order valence-corrected chi connectivity index (χ1v) is 6.90. The van der Waals surface area contributed by atoms with Crippen LogP contribution in [-0.4, -0.2) is 15.9 Å². The van der Waals surface area contributed by atoms with Crippen molar-refractivity contribution in [3.05, 3.63) is 47.8 Å². The predicted octanol–water partition coefficient (Wildman–Crippen LogP) is 1.80. The standard InChI is InChI=1S/C13H16N4OS/c1-9(12(18)17-14)11-4-2-10(3-5-11)8-19-13-15-6-7-16-13/h2-7,9H,8,14H2,1H3,(H,15,16)(H,17,18). The first-order chi connectivity index (χ1) is 9.20. The van der Waals surface area contributed by atoms with Gasteiger partial charge in [0.25, 0.3) is 0 Å². The van der Waals surface area contributed by atoms with Gasteiger partial charge in [0, 0.05) is 18.1 Å². The normalized spacial score (nSPS) is 12.1. The molecule has 0 aliphatic carbocycles. The molecule has 1 aromatic heterocycles. The zero-order valence-corrected chi connectivity index (χ0v) is 11.4. The van der Waals surface area contributed by atoms with E-state index in [1.54, 1.807) is 24.2 Å². The number of hydrogen-bond donors (Lipinski definition) is 3. The van der Waals surface area contributed by atoms with Crippen molar-refractivity contribution in [1.82, 2.24) is 15.4 Å². The van der Waals surface area contributed by atoms with Crippen molar-refractivity contribution >= 4 is 17.7 Å². The Morgan fingerprint density at radius 2 is 2.21 bits per heavy atom. The second kappa shape index (κ2) is 6.40. The Morgan fingerprint density at radius 1 is 1.47 bits per heavy atom. The molecule has 5 nitrogen and oxygen atoms in total. The van der Waals surface area contributed by atoms with Crippen molar-refractivity contribution in [2.75, 3.05) is 0 Å². The summed E-state index contributed by atoms with van der Waals surface area (Å²) in [7, 11) is 0. The Hall–Kier alpha value is -1.79. The van der Waals surface area contributed by atoms with Gasteiger partial charge in [-0.3, -0.25) is 10.2 Å². The fourth-order valence-electron chi connectivity index (χ4n) is 1.66. The molecule has 1 aromatic carbocycles. The number of rotatable bonds is 5. The molecular weight excluding hydrogens is 260 g/mol. The summed E-state index contributed by atoms with van der Waals surface area (Å²) >= 11 is 1.64. The molecule has 0 fully saturated rings. The molecule has 4 N–H and O–H groups in total. The lowest BCUT2D eigenvalue weighted by Crippen LogP contribution is -2.33. The van der Waals surface area contributed by atoms with E-state index in [9.17, 15) is 4.79 Å². The topological polar surface area (TPSA) is 83.8 Å². The van der Waals surface area contributed by atoms with Gasteiger partial charge in [-0.25, -0.2) is 10.8 Å². The number of benzene rings is 1. The summed E-state index contributed by atoms with van der Waals surface area (Å²) in [5.41, 5.74) is 4.31. The van der Waals surface area contributed by atoms with Crippen LogP contribution in [0.2, 0.25) is 0 Å². The highest BCUT2D eigenvalue weighted by molar-refractivity contribution is 7.98. The van der Waals surface area contributed by atoms with Crippen molar-refractivity contribution in [2.24, 2.45) is 5.84 Å². The summed E-state index contributed by atoms with van der Waals surface area (Å²) in [5.74, 6) is 5.55. The molecule has 0 spiro atoms. The highest BCUT2D eigenvalue weighted by Crippen LogP contribution is 2.21. The Labute approximate surface area is 116 Å². The molecule has 2 aromatic rings. The van der Waals surface area contributed by atoms with Gasteiger partial charge in [-0.1, -0.05) is 36.0 Å². The molecule has 0 saturated heterocycles. The summed E-state index contributed by atoms with van der Waals surface area (Å²) in [6.45, 7) is 1.83. The summed E-state index contributed by atoms with van der Waals surface area (Å²) in [6, 6.07) is 7.95. The monoisotopic (exact) mass is 276 g/mol.